The second-order valence-corrected chi connectivity index (χ2v) is 5.00. The molecule has 0 saturated carbocycles. The lowest BCUT2D eigenvalue weighted by Crippen LogP contribution is -2.40. The van der Waals surface area contributed by atoms with Crippen molar-refractivity contribution < 1.29 is 9.53 Å². The van der Waals surface area contributed by atoms with E-state index in [1.807, 2.05) is 12.1 Å². The Bertz CT molecular complexity index is 428. The van der Waals surface area contributed by atoms with Gasteiger partial charge in [-0.2, -0.15) is 0 Å². The van der Waals surface area contributed by atoms with Crippen LogP contribution in [0, 0.1) is 0 Å². The van der Waals surface area contributed by atoms with Gasteiger partial charge < -0.3 is 10.1 Å². The zero-order valence-corrected chi connectivity index (χ0v) is 11.7. The van der Waals surface area contributed by atoms with E-state index < -0.39 is 0 Å². The van der Waals surface area contributed by atoms with Gasteiger partial charge in [-0.1, -0.05) is 12.1 Å². The minimum absolute atomic E-state index is 0.0662. The number of benzene rings is 1. The van der Waals surface area contributed by atoms with Crippen LogP contribution in [0.5, 0.6) is 5.75 Å². The molecule has 19 heavy (non-hydrogen) atoms. The average molecular weight is 262 g/mol. The van der Waals surface area contributed by atoms with E-state index in [0.29, 0.717) is 23.9 Å². The summed E-state index contributed by atoms with van der Waals surface area (Å²) >= 11 is 0. The first-order valence-corrected chi connectivity index (χ1v) is 6.87. The molecule has 1 unspecified atom stereocenters. The highest BCUT2D eigenvalue weighted by Crippen LogP contribution is 2.17. The Morgan fingerprint density at radius 3 is 2.74 bits per heavy atom. The lowest BCUT2D eigenvalue weighted by Gasteiger charge is -2.24. The lowest BCUT2D eigenvalue weighted by atomic mass is 10.2. The van der Waals surface area contributed by atoms with E-state index in [1.165, 1.54) is 12.8 Å². The third kappa shape index (κ3) is 3.47. The molecule has 1 aromatic carbocycles. The molecule has 0 radical (unpaired) electrons. The Labute approximate surface area is 114 Å². The molecule has 4 heteroatoms. The molecule has 1 saturated heterocycles. The summed E-state index contributed by atoms with van der Waals surface area (Å²) in [4.78, 5) is 14.6. The molecule has 1 atom stereocenters. The van der Waals surface area contributed by atoms with Crippen molar-refractivity contribution in [1.29, 1.82) is 0 Å². The second kappa shape index (κ2) is 6.57. The van der Waals surface area contributed by atoms with Gasteiger partial charge in [0, 0.05) is 12.6 Å². The van der Waals surface area contributed by atoms with Crippen molar-refractivity contribution in [3.8, 4) is 5.75 Å². The lowest BCUT2D eigenvalue weighted by molar-refractivity contribution is 0.0937. The predicted molar refractivity (Wildman–Crippen MR) is 75.6 cm³/mol. The van der Waals surface area contributed by atoms with Crippen molar-refractivity contribution in [3.63, 3.8) is 0 Å². The molecule has 1 fully saturated rings. The first-order chi connectivity index (χ1) is 9.22. The summed E-state index contributed by atoms with van der Waals surface area (Å²) < 4.78 is 5.20. The van der Waals surface area contributed by atoms with Crippen LogP contribution < -0.4 is 10.1 Å². The Hall–Kier alpha value is -1.55. The maximum Gasteiger partial charge on any atom is 0.255 e. The normalized spacial score (nSPS) is 17.2. The largest absolute Gasteiger partial charge is 0.496 e. The summed E-state index contributed by atoms with van der Waals surface area (Å²) in [6.45, 7) is 5.13. The zero-order valence-electron chi connectivity index (χ0n) is 11.7. The maximum absolute atomic E-state index is 12.1. The van der Waals surface area contributed by atoms with E-state index in [1.54, 1.807) is 19.2 Å². The number of methoxy groups -OCH3 is 1. The molecule has 1 aliphatic rings. The van der Waals surface area contributed by atoms with Crippen LogP contribution in [0.1, 0.15) is 30.1 Å². The summed E-state index contributed by atoms with van der Waals surface area (Å²) in [5.74, 6) is 0.553. The van der Waals surface area contributed by atoms with Crippen molar-refractivity contribution in [2.75, 3.05) is 26.7 Å². The molecule has 1 heterocycles. The van der Waals surface area contributed by atoms with E-state index in [2.05, 4.69) is 17.1 Å². The van der Waals surface area contributed by atoms with Crippen LogP contribution >= 0.6 is 0 Å². The van der Waals surface area contributed by atoms with E-state index in [9.17, 15) is 4.79 Å². The van der Waals surface area contributed by atoms with Gasteiger partial charge in [0.1, 0.15) is 5.75 Å². The molecule has 1 amide bonds. The molecule has 0 aromatic heterocycles. The molecule has 104 valence electrons. The highest BCUT2D eigenvalue weighted by molar-refractivity contribution is 5.96. The number of hydrogen-bond acceptors (Lipinski definition) is 3. The minimum atomic E-state index is -0.0662. The van der Waals surface area contributed by atoms with Crippen LogP contribution in [0.3, 0.4) is 0 Å². The third-order valence-corrected chi connectivity index (χ3v) is 3.67. The van der Waals surface area contributed by atoms with Gasteiger partial charge >= 0.3 is 0 Å². The van der Waals surface area contributed by atoms with Crippen molar-refractivity contribution in [2.45, 2.75) is 25.8 Å². The highest BCUT2D eigenvalue weighted by atomic mass is 16.5. The highest BCUT2D eigenvalue weighted by Gasteiger charge is 2.19. The monoisotopic (exact) mass is 262 g/mol. The fourth-order valence-corrected chi connectivity index (χ4v) is 2.48. The number of nitrogens with one attached hydrogen (secondary N) is 1. The van der Waals surface area contributed by atoms with Gasteiger partial charge in [-0.25, -0.2) is 0 Å². The van der Waals surface area contributed by atoms with Crippen LogP contribution in [0.2, 0.25) is 0 Å². The van der Waals surface area contributed by atoms with E-state index in [4.69, 9.17) is 4.74 Å². The molecule has 1 N–H and O–H groups in total. The van der Waals surface area contributed by atoms with Crippen molar-refractivity contribution in [1.82, 2.24) is 10.2 Å². The van der Waals surface area contributed by atoms with Crippen LogP contribution in [0.25, 0.3) is 0 Å². The molecule has 2 rings (SSSR count). The Balaban J connectivity index is 1.90. The number of carbonyl (C=O) groups is 1. The first kappa shape index (κ1) is 13.9. The van der Waals surface area contributed by atoms with Crippen LogP contribution in [-0.2, 0) is 0 Å². The maximum atomic E-state index is 12.1. The molecular formula is C15H22N2O2. The number of rotatable bonds is 5. The van der Waals surface area contributed by atoms with Gasteiger partial charge in [-0.15, -0.1) is 0 Å². The number of likely N-dealkylation sites (tertiary alicyclic amines) is 1. The van der Waals surface area contributed by atoms with Crippen molar-refractivity contribution in [2.24, 2.45) is 0 Å². The van der Waals surface area contributed by atoms with Gasteiger partial charge in [-0.05, 0) is 45.0 Å². The van der Waals surface area contributed by atoms with E-state index in [0.717, 1.165) is 13.1 Å². The van der Waals surface area contributed by atoms with Crippen LogP contribution in [0.15, 0.2) is 24.3 Å². The number of amides is 1. The van der Waals surface area contributed by atoms with Gasteiger partial charge in [0.05, 0.1) is 12.7 Å². The fourth-order valence-electron chi connectivity index (χ4n) is 2.48. The molecule has 1 aliphatic heterocycles. The van der Waals surface area contributed by atoms with Crippen molar-refractivity contribution >= 4 is 5.91 Å². The molecule has 1 aromatic rings. The standard InChI is InChI=1S/C15H22N2O2/c1-12(17-9-5-6-10-17)11-16-15(18)13-7-3-4-8-14(13)19-2/h3-4,7-8,12H,5-6,9-11H2,1-2H3,(H,16,18). The quantitative estimate of drug-likeness (QED) is 0.881. The smallest absolute Gasteiger partial charge is 0.255 e. The molecular weight excluding hydrogens is 240 g/mol. The molecule has 0 bridgehead atoms. The fraction of sp³-hybridized carbons (Fsp3) is 0.533. The predicted octanol–water partition coefficient (Wildman–Crippen LogP) is 1.91. The topological polar surface area (TPSA) is 41.6 Å². The summed E-state index contributed by atoms with van der Waals surface area (Å²) in [6.07, 6.45) is 2.54. The van der Waals surface area contributed by atoms with Gasteiger partial charge in [-0.3, -0.25) is 9.69 Å². The minimum Gasteiger partial charge on any atom is -0.496 e. The van der Waals surface area contributed by atoms with E-state index >= 15 is 0 Å². The number of ether oxygens (including phenoxy) is 1. The van der Waals surface area contributed by atoms with Gasteiger partial charge in [0.2, 0.25) is 0 Å². The van der Waals surface area contributed by atoms with Gasteiger partial charge in [0.25, 0.3) is 5.91 Å². The average Bonchev–Trinajstić information content (AvgIpc) is 2.98. The summed E-state index contributed by atoms with van der Waals surface area (Å²) in [5, 5.41) is 2.99. The third-order valence-electron chi connectivity index (χ3n) is 3.67. The Morgan fingerprint density at radius 1 is 1.37 bits per heavy atom. The number of hydrogen-bond donors (Lipinski definition) is 1. The summed E-state index contributed by atoms with van der Waals surface area (Å²) in [6, 6.07) is 7.69. The van der Waals surface area contributed by atoms with Crippen LogP contribution in [-0.4, -0.2) is 43.6 Å². The first-order valence-electron chi connectivity index (χ1n) is 6.87. The second-order valence-electron chi connectivity index (χ2n) is 5.00. The SMILES string of the molecule is COc1ccccc1C(=O)NCC(C)N1CCCC1. The zero-order chi connectivity index (χ0) is 13.7. The Kier molecular flexibility index (Phi) is 4.80. The number of para-hydroxylation sites is 1. The number of carbonyl (C=O) groups excluding carboxylic acids is 1. The molecule has 4 nitrogen and oxygen atoms in total. The number of nitrogens with zero attached hydrogens (tertiary/aromatic N) is 1. The summed E-state index contributed by atoms with van der Waals surface area (Å²) in [7, 11) is 1.58. The van der Waals surface area contributed by atoms with E-state index in [-0.39, 0.29) is 5.91 Å². The van der Waals surface area contributed by atoms with Crippen molar-refractivity contribution in [3.05, 3.63) is 29.8 Å². The van der Waals surface area contributed by atoms with Gasteiger partial charge in [0.15, 0.2) is 0 Å². The Morgan fingerprint density at radius 2 is 2.05 bits per heavy atom. The molecule has 0 spiro atoms. The molecule has 0 aliphatic carbocycles. The van der Waals surface area contributed by atoms with Crippen LogP contribution in [0.4, 0.5) is 0 Å². The summed E-state index contributed by atoms with van der Waals surface area (Å²) in [5.41, 5.74) is 0.596.